The highest BCUT2D eigenvalue weighted by Crippen LogP contribution is 2.31. The van der Waals surface area contributed by atoms with Crippen LogP contribution in [-0.2, 0) is 0 Å². The molecule has 1 fully saturated rings. The summed E-state index contributed by atoms with van der Waals surface area (Å²) in [5.74, 6) is 2.42. The lowest BCUT2D eigenvalue weighted by molar-refractivity contribution is 0.199. The summed E-state index contributed by atoms with van der Waals surface area (Å²) in [6.45, 7) is 6.90. The standard InChI is InChI=1S/C10H21N/c1-7(2)9-5-4-8(3)6-10(9)11/h7-10H,4-6,11H2,1-3H3/t8-,9+,10+/m1/s1. The molecule has 1 nitrogen and oxygen atoms in total. The van der Waals surface area contributed by atoms with E-state index in [-0.39, 0.29) is 0 Å². The monoisotopic (exact) mass is 155 g/mol. The summed E-state index contributed by atoms with van der Waals surface area (Å²) in [6.07, 6.45) is 3.97. The number of rotatable bonds is 1. The van der Waals surface area contributed by atoms with Crippen LogP contribution in [-0.4, -0.2) is 6.04 Å². The maximum absolute atomic E-state index is 6.07. The first-order chi connectivity index (χ1) is 5.11. The molecule has 1 saturated carbocycles. The SMILES string of the molecule is CC(C)[C@@H]1CC[C@@H](C)C[C@@H]1N. The molecule has 1 heteroatoms. The third-order valence-electron chi connectivity index (χ3n) is 3.07. The molecule has 0 bridgehead atoms. The Kier molecular flexibility index (Phi) is 2.94. The van der Waals surface area contributed by atoms with Crippen LogP contribution in [0.3, 0.4) is 0 Å². The van der Waals surface area contributed by atoms with E-state index in [4.69, 9.17) is 5.73 Å². The van der Waals surface area contributed by atoms with Crippen molar-refractivity contribution in [1.29, 1.82) is 0 Å². The van der Waals surface area contributed by atoms with Gasteiger partial charge in [-0.3, -0.25) is 0 Å². The predicted octanol–water partition coefficient (Wildman–Crippen LogP) is 2.41. The highest BCUT2D eigenvalue weighted by molar-refractivity contribution is 4.82. The third-order valence-corrected chi connectivity index (χ3v) is 3.07. The van der Waals surface area contributed by atoms with Gasteiger partial charge in [0, 0.05) is 6.04 Å². The second-order valence-electron chi connectivity index (χ2n) is 4.49. The van der Waals surface area contributed by atoms with E-state index >= 15 is 0 Å². The summed E-state index contributed by atoms with van der Waals surface area (Å²) in [6, 6.07) is 0.471. The van der Waals surface area contributed by atoms with Gasteiger partial charge in [0.05, 0.1) is 0 Å². The molecule has 0 aromatic carbocycles. The van der Waals surface area contributed by atoms with E-state index < -0.39 is 0 Å². The van der Waals surface area contributed by atoms with Crippen molar-refractivity contribution >= 4 is 0 Å². The Labute approximate surface area is 70.4 Å². The van der Waals surface area contributed by atoms with Crippen LogP contribution in [0, 0.1) is 17.8 Å². The zero-order valence-electron chi connectivity index (χ0n) is 8.01. The second kappa shape index (κ2) is 3.57. The fraction of sp³-hybridized carbons (Fsp3) is 1.00. The number of hydrogen-bond acceptors (Lipinski definition) is 1. The van der Waals surface area contributed by atoms with Crippen molar-refractivity contribution in [3.8, 4) is 0 Å². The van der Waals surface area contributed by atoms with Crippen LogP contribution in [0.4, 0.5) is 0 Å². The predicted molar refractivity (Wildman–Crippen MR) is 49.3 cm³/mol. The molecule has 3 atom stereocenters. The molecule has 0 unspecified atom stereocenters. The van der Waals surface area contributed by atoms with E-state index in [0.717, 1.165) is 17.8 Å². The van der Waals surface area contributed by atoms with Crippen molar-refractivity contribution in [2.45, 2.75) is 46.1 Å². The summed E-state index contributed by atoms with van der Waals surface area (Å²) < 4.78 is 0. The smallest absolute Gasteiger partial charge is 0.00721 e. The molecule has 66 valence electrons. The van der Waals surface area contributed by atoms with Crippen LogP contribution >= 0.6 is 0 Å². The van der Waals surface area contributed by atoms with Crippen LogP contribution in [0.5, 0.6) is 0 Å². The minimum absolute atomic E-state index is 0.471. The lowest BCUT2D eigenvalue weighted by atomic mass is 9.74. The first-order valence-corrected chi connectivity index (χ1v) is 4.87. The van der Waals surface area contributed by atoms with E-state index in [1.54, 1.807) is 0 Å². The summed E-state index contributed by atoms with van der Waals surface area (Å²) in [5.41, 5.74) is 6.07. The molecule has 0 aliphatic heterocycles. The highest BCUT2D eigenvalue weighted by Gasteiger charge is 2.27. The molecular formula is C10H21N. The quantitative estimate of drug-likeness (QED) is 0.618. The van der Waals surface area contributed by atoms with Gasteiger partial charge in [-0.2, -0.15) is 0 Å². The molecule has 0 heterocycles. The van der Waals surface area contributed by atoms with Crippen molar-refractivity contribution in [1.82, 2.24) is 0 Å². The van der Waals surface area contributed by atoms with Gasteiger partial charge >= 0.3 is 0 Å². The largest absolute Gasteiger partial charge is 0.327 e. The van der Waals surface area contributed by atoms with Crippen LogP contribution < -0.4 is 5.73 Å². The summed E-state index contributed by atoms with van der Waals surface area (Å²) in [7, 11) is 0. The molecule has 1 aliphatic carbocycles. The van der Waals surface area contributed by atoms with Crippen molar-refractivity contribution in [3.63, 3.8) is 0 Å². The summed E-state index contributed by atoms with van der Waals surface area (Å²) in [5, 5.41) is 0. The van der Waals surface area contributed by atoms with Gasteiger partial charge in [-0.25, -0.2) is 0 Å². The maximum Gasteiger partial charge on any atom is 0.00721 e. The summed E-state index contributed by atoms with van der Waals surface area (Å²) in [4.78, 5) is 0. The highest BCUT2D eigenvalue weighted by atomic mass is 14.7. The zero-order chi connectivity index (χ0) is 8.43. The van der Waals surface area contributed by atoms with E-state index in [1.807, 2.05) is 0 Å². The van der Waals surface area contributed by atoms with Gasteiger partial charge in [-0.1, -0.05) is 27.2 Å². The maximum atomic E-state index is 6.07. The topological polar surface area (TPSA) is 26.0 Å². The minimum atomic E-state index is 0.471. The van der Waals surface area contributed by atoms with Crippen molar-refractivity contribution in [3.05, 3.63) is 0 Å². The molecule has 0 saturated heterocycles. The molecule has 1 rings (SSSR count). The molecule has 1 aliphatic rings. The molecule has 0 aromatic heterocycles. The molecule has 0 aromatic rings. The Morgan fingerprint density at radius 3 is 2.36 bits per heavy atom. The van der Waals surface area contributed by atoms with Crippen LogP contribution in [0.15, 0.2) is 0 Å². The Bertz CT molecular complexity index is 120. The Balaban J connectivity index is 2.44. The molecule has 0 radical (unpaired) electrons. The minimum Gasteiger partial charge on any atom is -0.327 e. The zero-order valence-corrected chi connectivity index (χ0v) is 8.01. The molecule has 2 N–H and O–H groups in total. The van der Waals surface area contributed by atoms with Gasteiger partial charge in [-0.05, 0) is 30.6 Å². The van der Waals surface area contributed by atoms with Crippen LogP contribution in [0.2, 0.25) is 0 Å². The van der Waals surface area contributed by atoms with Gasteiger partial charge in [-0.15, -0.1) is 0 Å². The summed E-state index contributed by atoms with van der Waals surface area (Å²) >= 11 is 0. The Morgan fingerprint density at radius 2 is 1.91 bits per heavy atom. The van der Waals surface area contributed by atoms with E-state index in [1.165, 1.54) is 19.3 Å². The fourth-order valence-corrected chi connectivity index (χ4v) is 2.28. The van der Waals surface area contributed by atoms with E-state index in [9.17, 15) is 0 Å². The third kappa shape index (κ3) is 2.19. The molecule has 0 amide bonds. The number of nitrogens with two attached hydrogens (primary N) is 1. The molecule has 0 spiro atoms. The lowest BCUT2D eigenvalue weighted by Gasteiger charge is -2.34. The molecular weight excluding hydrogens is 134 g/mol. The molecule has 11 heavy (non-hydrogen) atoms. The Morgan fingerprint density at radius 1 is 1.27 bits per heavy atom. The first kappa shape index (κ1) is 9.05. The van der Waals surface area contributed by atoms with Crippen molar-refractivity contribution < 1.29 is 0 Å². The van der Waals surface area contributed by atoms with Gasteiger partial charge in [0.15, 0.2) is 0 Å². The number of hydrogen-bond donors (Lipinski definition) is 1. The average Bonchev–Trinajstić information content (AvgIpc) is 1.85. The van der Waals surface area contributed by atoms with Gasteiger partial charge in [0.1, 0.15) is 0 Å². The van der Waals surface area contributed by atoms with Crippen LogP contribution in [0.1, 0.15) is 40.0 Å². The van der Waals surface area contributed by atoms with Gasteiger partial charge in [0.2, 0.25) is 0 Å². The van der Waals surface area contributed by atoms with Crippen molar-refractivity contribution in [2.75, 3.05) is 0 Å². The first-order valence-electron chi connectivity index (χ1n) is 4.87. The van der Waals surface area contributed by atoms with E-state index in [2.05, 4.69) is 20.8 Å². The lowest BCUT2D eigenvalue weighted by Crippen LogP contribution is -2.38. The Hall–Kier alpha value is -0.0400. The van der Waals surface area contributed by atoms with Crippen molar-refractivity contribution in [2.24, 2.45) is 23.5 Å². The van der Waals surface area contributed by atoms with E-state index in [0.29, 0.717) is 6.04 Å². The fourth-order valence-electron chi connectivity index (χ4n) is 2.28. The second-order valence-corrected chi connectivity index (χ2v) is 4.49. The normalized spacial score (nSPS) is 39.5. The average molecular weight is 155 g/mol. The van der Waals surface area contributed by atoms with Crippen LogP contribution in [0.25, 0.3) is 0 Å². The van der Waals surface area contributed by atoms with Gasteiger partial charge in [0.25, 0.3) is 0 Å². The van der Waals surface area contributed by atoms with Gasteiger partial charge < -0.3 is 5.73 Å².